The van der Waals surface area contributed by atoms with E-state index in [0.29, 0.717) is 16.6 Å². The van der Waals surface area contributed by atoms with Gasteiger partial charge in [0.25, 0.3) is 0 Å². The first-order valence-electron chi connectivity index (χ1n) is 10.3. The number of phenols is 1. The van der Waals surface area contributed by atoms with Crippen molar-refractivity contribution in [1.82, 2.24) is 4.98 Å². The Morgan fingerprint density at radius 3 is 2.41 bits per heavy atom. The number of aromatic hydroxyl groups is 1. The van der Waals surface area contributed by atoms with Crippen LogP contribution in [0.5, 0.6) is 5.75 Å². The maximum Gasteiger partial charge on any atom is 0.338 e. The SMILES string of the molecule is CC(C)OC(=O)c1ccc(NC(c2ccc(F)cc2)c2ccc3cccnc3c2O)cc1. The van der Waals surface area contributed by atoms with E-state index in [1.165, 1.54) is 12.1 Å². The number of aromatic nitrogens is 1. The first-order valence-corrected chi connectivity index (χ1v) is 10.3. The first kappa shape index (κ1) is 21.3. The quantitative estimate of drug-likeness (QED) is 0.376. The van der Waals surface area contributed by atoms with Gasteiger partial charge < -0.3 is 15.2 Å². The van der Waals surface area contributed by atoms with Gasteiger partial charge in [-0.15, -0.1) is 0 Å². The van der Waals surface area contributed by atoms with E-state index in [0.717, 1.165) is 16.6 Å². The summed E-state index contributed by atoms with van der Waals surface area (Å²) >= 11 is 0. The third kappa shape index (κ3) is 4.54. The molecule has 1 unspecified atom stereocenters. The molecule has 0 amide bonds. The first-order chi connectivity index (χ1) is 15.4. The summed E-state index contributed by atoms with van der Waals surface area (Å²) in [4.78, 5) is 16.4. The molecule has 3 aromatic carbocycles. The van der Waals surface area contributed by atoms with Gasteiger partial charge in [0, 0.05) is 22.8 Å². The fourth-order valence-corrected chi connectivity index (χ4v) is 3.53. The van der Waals surface area contributed by atoms with Crippen molar-refractivity contribution < 1.29 is 19.0 Å². The summed E-state index contributed by atoms with van der Waals surface area (Å²) in [7, 11) is 0. The van der Waals surface area contributed by atoms with Crippen LogP contribution in [0.2, 0.25) is 0 Å². The molecule has 0 saturated carbocycles. The predicted octanol–water partition coefficient (Wildman–Crippen LogP) is 5.85. The summed E-state index contributed by atoms with van der Waals surface area (Å²) in [6, 6.07) is 19.9. The van der Waals surface area contributed by atoms with Gasteiger partial charge in [-0.25, -0.2) is 9.18 Å². The molecule has 32 heavy (non-hydrogen) atoms. The number of pyridine rings is 1. The Morgan fingerprint density at radius 2 is 1.72 bits per heavy atom. The molecule has 0 spiro atoms. The second-order valence-corrected chi connectivity index (χ2v) is 7.74. The van der Waals surface area contributed by atoms with Crippen molar-refractivity contribution in [2.45, 2.75) is 26.0 Å². The molecule has 0 aliphatic rings. The van der Waals surface area contributed by atoms with Crippen LogP contribution in [0.15, 0.2) is 79.0 Å². The molecule has 1 heterocycles. The Labute approximate surface area is 185 Å². The van der Waals surface area contributed by atoms with Crippen LogP contribution < -0.4 is 5.32 Å². The van der Waals surface area contributed by atoms with E-state index in [4.69, 9.17) is 4.74 Å². The fraction of sp³-hybridized carbons (Fsp3) is 0.154. The van der Waals surface area contributed by atoms with Gasteiger partial charge in [0.1, 0.15) is 17.1 Å². The normalized spacial score (nSPS) is 12.0. The number of esters is 1. The van der Waals surface area contributed by atoms with Crippen LogP contribution >= 0.6 is 0 Å². The van der Waals surface area contributed by atoms with Gasteiger partial charge in [-0.1, -0.05) is 30.3 Å². The molecule has 162 valence electrons. The summed E-state index contributed by atoms with van der Waals surface area (Å²) in [5.41, 5.74) is 3.03. The van der Waals surface area contributed by atoms with Gasteiger partial charge in [-0.3, -0.25) is 4.98 Å². The lowest BCUT2D eigenvalue weighted by Crippen LogP contribution is -2.14. The molecule has 4 rings (SSSR count). The number of fused-ring (bicyclic) bond motifs is 1. The Balaban J connectivity index is 1.71. The van der Waals surface area contributed by atoms with Crippen LogP contribution in [-0.4, -0.2) is 22.2 Å². The Bertz CT molecular complexity index is 1240. The number of phenolic OH excluding ortho intramolecular Hbond substituents is 1. The zero-order chi connectivity index (χ0) is 22.7. The number of nitrogens with zero attached hydrogens (tertiary/aromatic N) is 1. The van der Waals surface area contributed by atoms with Crippen LogP contribution in [0, 0.1) is 5.82 Å². The summed E-state index contributed by atoms with van der Waals surface area (Å²) in [5.74, 6) is -0.674. The van der Waals surface area contributed by atoms with E-state index in [1.807, 2.05) is 24.3 Å². The third-order valence-electron chi connectivity index (χ3n) is 5.07. The summed E-state index contributed by atoms with van der Waals surface area (Å²) < 4.78 is 18.8. The number of carbonyl (C=O) groups excluding carboxylic acids is 1. The molecule has 1 aromatic heterocycles. The lowest BCUT2D eigenvalue weighted by molar-refractivity contribution is 0.0378. The van der Waals surface area contributed by atoms with Crippen molar-refractivity contribution >= 4 is 22.6 Å². The van der Waals surface area contributed by atoms with Gasteiger partial charge in [0.05, 0.1) is 17.7 Å². The van der Waals surface area contributed by atoms with E-state index in [-0.39, 0.29) is 23.6 Å². The van der Waals surface area contributed by atoms with Crippen molar-refractivity contribution in [1.29, 1.82) is 0 Å². The monoisotopic (exact) mass is 430 g/mol. The average molecular weight is 430 g/mol. The number of nitrogens with one attached hydrogen (secondary N) is 1. The van der Waals surface area contributed by atoms with Crippen molar-refractivity contribution in [3.63, 3.8) is 0 Å². The zero-order valence-electron chi connectivity index (χ0n) is 17.7. The molecule has 0 saturated heterocycles. The molecular weight excluding hydrogens is 407 g/mol. The number of anilines is 1. The van der Waals surface area contributed by atoms with Crippen molar-refractivity contribution in [2.75, 3.05) is 5.32 Å². The van der Waals surface area contributed by atoms with Crippen LogP contribution in [-0.2, 0) is 4.74 Å². The summed E-state index contributed by atoms with van der Waals surface area (Å²) in [5, 5.41) is 15.2. The molecule has 0 fully saturated rings. The molecule has 2 N–H and O–H groups in total. The van der Waals surface area contributed by atoms with Gasteiger partial charge in [0.15, 0.2) is 0 Å². The number of hydrogen-bond donors (Lipinski definition) is 2. The van der Waals surface area contributed by atoms with E-state index >= 15 is 0 Å². The number of carbonyl (C=O) groups is 1. The van der Waals surface area contributed by atoms with Crippen LogP contribution in [0.3, 0.4) is 0 Å². The van der Waals surface area contributed by atoms with Crippen molar-refractivity contribution in [2.24, 2.45) is 0 Å². The molecule has 6 heteroatoms. The maximum atomic E-state index is 13.6. The number of ether oxygens (including phenoxy) is 1. The van der Waals surface area contributed by atoms with E-state index in [9.17, 15) is 14.3 Å². The molecular formula is C26H23FN2O3. The number of halogens is 1. The second-order valence-electron chi connectivity index (χ2n) is 7.74. The standard InChI is InChI=1S/C26H23FN2O3/c1-16(2)32-26(31)19-7-12-21(13-8-19)29-23(18-5-10-20(27)11-6-18)22-14-9-17-4-3-15-28-24(17)25(22)30/h3-16,23,29-30H,1-2H3. The average Bonchev–Trinajstić information content (AvgIpc) is 2.79. The highest BCUT2D eigenvalue weighted by atomic mass is 19.1. The summed E-state index contributed by atoms with van der Waals surface area (Å²) in [6.07, 6.45) is 1.42. The highest BCUT2D eigenvalue weighted by Gasteiger charge is 2.20. The van der Waals surface area contributed by atoms with Crippen LogP contribution in [0.4, 0.5) is 10.1 Å². The smallest absolute Gasteiger partial charge is 0.338 e. The highest BCUT2D eigenvalue weighted by molar-refractivity contribution is 5.90. The molecule has 1 atom stereocenters. The second kappa shape index (κ2) is 9.06. The van der Waals surface area contributed by atoms with E-state index in [2.05, 4.69) is 10.3 Å². The molecule has 0 aliphatic heterocycles. The van der Waals surface area contributed by atoms with Gasteiger partial charge in [0.2, 0.25) is 0 Å². The van der Waals surface area contributed by atoms with E-state index in [1.54, 1.807) is 56.4 Å². The van der Waals surface area contributed by atoms with Crippen molar-refractivity contribution in [3.05, 3.63) is 102 Å². The Morgan fingerprint density at radius 1 is 1.00 bits per heavy atom. The number of rotatable bonds is 6. The minimum Gasteiger partial charge on any atom is -0.505 e. The third-order valence-corrected chi connectivity index (χ3v) is 5.07. The minimum absolute atomic E-state index is 0.0575. The minimum atomic E-state index is -0.476. The lowest BCUT2D eigenvalue weighted by Gasteiger charge is -2.23. The van der Waals surface area contributed by atoms with E-state index < -0.39 is 6.04 Å². The summed E-state index contributed by atoms with van der Waals surface area (Å²) in [6.45, 7) is 3.60. The zero-order valence-corrected chi connectivity index (χ0v) is 17.7. The van der Waals surface area contributed by atoms with Gasteiger partial charge >= 0.3 is 5.97 Å². The highest BCUT2D eigenvalue weighted by Crippen LogP contribution is 2.36. The topological polar surface area (TPSA) is 71.5 Å². The Kier molecular flexibility index (Phi) is 6.03. The molecule has 5 nitrogen and oxygen atoms in total. The van der Waals surface area contributed by atoms with Gasteiger partial charge in [-0.05, 0) is 61.9 Å². The number of benzene rings is 3. The number of hydrogen-bond acceptors (Lipinski definition) is 5. The van der Waals surface area contributed by atoms with Crippen molar-refractivity contribution in [3.8, 4) is 5.75 Å². The fourth-order valence-electron chi connectivity index (χ4n) is 3.53. The lowest BCUT2D eigenvalue weighted by atomic mass is 9.96. The molecule has 0 radical (unpaired) electrons. The Hall–Kier alpha value is -3.93. The maximum absolute atomic E-state index is 13.6. The molecule has 0 aliphatic carbocycles. The predicted molar refractivity (Wildman–Crippen MR) is 122 cm³/mol. The van der Waals surface area contributed by atoms with Crippen LogP contribution in [0.1, 0.15) is 41.4 Å². The van der Waals surface area contributed by atoms with Gasteiger partial charge in [-0.2, -0.15) is 0 Å². The largest absolute Gasteiger partial charge is 0.505 e. The van der Waals surface area contributed by atoms with Crippen LogP contribution in [0.25, 0.3) is 10.9 Å². The molecule has 4 aromatic rings. The molecule has 0 bridgehead atoms.